The number of hydrogen-bond acceptors (Lipinski definition) is 1. The molecule has 0 saturated heterocycles. The Labute approximate surface area is 83.7 Å². The van der Waals surface area contributed by atoms with E-state index in [-0.39, 0.29) is 10.9 Å². The SMILES string of the molecule is [B]C(C)(C)/C=C\C(C)=NC(C)(C)C. The molecule has 0 bridgehead atoms. The van der Waals surface area contributed by atoms with Crippen LogP contribution >= 0.6 is 0 Å². The smallest absolute Gasteiger partial charge is 0.0794 e. The molecular weight excluding hydrogens is 157 g/mol. The average Bonchev–Trinajstić information content (AvgIpc) is 1.78. The molecule has 0 heterocycles. The van der Waals surface area contributed by atoms with E-state index in [0.29, 0.717) is 0 Å². The maximum absolute atomic E-state index is 5.81. The summed E-state index contributed by atoms with van der Waals surface area (Å²) < 4.78 is 0. The van der Waals surface area contributed by atoms with E-state index < -0.39 is 0 Å². The van der Waals surface area contributed by atoms with Crippen LogP contribution in [0.2, 0.25) is 5.31 Å². The standard InChI is InChI=1S/C11H20BN/c1-9(13-10(2,3)4)7-8-11(5,6)12/h7-8H,1-6H3/b8-7-,13-9?. The highest BCUT2D eigenvalue weighted by Crippen LogP contribution is 2.19. The van der Waals surface area contributed by atoms with Crippen LogP contribution in [0.25, 0.3) is 0 Å². The summed E-state index contributed by atoms with van der Waals surface area (Å²) in [5.41, 5.74) is 1.01. The van der Waals surface area contributed by atoms with Gasteiger partial charge in [-0.25, -0.2) is 0 Å². The number of aliphatic imine (C=N–C) groups is 1. The molecule has 0 amide bonds. The Kier molecular flexibility index (Phi) is 3.96. The van der Waals surface area contributed by atoms with Gasteiger partial charge in [-0.05, 0) is 33.8 Å². The van der Waals surface area contributed by atoms with Crippen LogP contribution in [0.3, 0.4) is 0 Å². The highest BCUT2D eigenvalue weighted by molar-refractivity contribution is 6.16. The lowest BCUT2D eigenvalue weighted by molar-refractivity contribution is 0.584. The minimum atomic E-state index is -0.255. The van der Waals surface area contributed by atoms with Gasteiger partial charge in [-0.2, -0.15) is 0 Å². The maximum atomic E-state index is 5.81. The third-order valence-electron chi connectivity index (χ3n) is 1.27. The first kappa shape index (κ1) is 12.5. The van der Waals surface area contributed by atoms with Gasteiger partial charge in [-0.1, -0.05) is 25.2 Å². The van der Waals surface area contributed by atoms with E-state index in [1.165, 1.54) is 0 Å². The Hall–Kier alpha value is -0.525. The Balaban J connectivity index is 4.40. The molecule has 0 N–H and O–H groups in total. The molecule has 0 fully saturated rings. The number of allylic oxidation sites excluding steroid dienone is 2. The minimum absolute atomic E-state index is 0.00678. The normalized spacial score (nSPS) is 15.4. The molecule has 0 saturated carbocycles. The Bertz CT molecular complexity index is 213. The summed E-state index contributed by atoms with van der Waals surface area (Å²) in [5, 5.41) is -0.255. The molecule has 0 aromatic rings. The lowest BCUT2D eigenvalue weighted by Gasteiger charge is -2.14. The summed E-state index contributed by atoms with van der Waals surface area (Å²) in [6.45, 7) is 12.2. The summed E-state index contributed by atoms with van der Waals surface area (Å²) in [6, 6.07) is 0. The van der Waals surface area contributed by atoms with E-state index >= 15 is 0 Å². The van der Waals surface area contributed by atoms with Gasteiger partial charge in [0, 0.05) is 5.71 Å². The topological polar surface area (TPSA) is 12.4 Å². The van der Waals surface area contributed by atoms with Crippen molar-refractivity contribution in [2.75, 3.05) is 0 Å². The second-order valence-corrected chi connectivity index (χ2v) is 5.08. The highest BCUT2D eigenvalue weighted by Gasteiger charge is 2.07. The van der Waals surface area contributed by atoms with Gasteiger partial charge in [0.2, 0.25) is 0 Å². The zero-order chi connectivity index (χ0) is 10.7. The van der Waals surface area contributed by atoms with Crippen LogP contribution in [-0.4, -0.2) is 19.1 Å². The minimum Gasteiger partial charge on any atom is -0.284 e. The van der Waals surface area contributed by atoms with Crippen LogP contribution in [0, 0.1) is 0 Å². The van der Waals surface area contributed by atoms with Gasteiger partial charge in [-0.3, -0.25) is 4.99 Å². The van der Waals surface area contributed by atoms with E-state index in [2.05, 4.69) is 25.8 Å². The van der Waals surface area contributed by atoms with Gasteiger partial charge in [-0.15, -0.1) is 0 Å². The van der Waals surface area contributed by atoms with Crippen LogP contribution in [0.5, 0.6) is 0 Å². The van der Waals surface area contributed by atoms with Crippen molar-refractivity contribution < 1.29 is 0 Å². The third kappa shape index (κ3) is 9.39. The van der Waals surface area contributed by atoms with Crippen molar-refractivity contribution in [3.05, 3.63) is 12.2 Å². The Morgan fingerprint density at radius 3 is 1.92 bits per heavy atom. The number of hydrogen-bond donors (Lipinski definition) is 0. The number of nitrogens with zero attached hydrogens (tertiary/aromatic N) is 1. The molecule has 13 heavy (non-hydrogen) atoms. The molecule has 2 heteroatoms. The van der Waals surface area contributed by atoms with E-state index in [0.717, 1.165) is 5.71 Å². The quantitative estimate of drug-likeness (QED) is 0.453. The van der Waals surface area contributed by atoms with E-state index in [4.69, 9.17) is 7.85 Å². The summed E-state index contributed by atoms with van der Waals surface area (Å²) in [5.74, 6) is 0. The monoisotopic (exact) mass is 177 g/mol. The van der Waals surface area contributed by atoms with Crippen molar-refractivity contribution in [1.82, 2.24) is 0 Å². The zero-order valence-corrected chi connectivity index (χ0v) is 9.68. The van der Waals surface area contributed by atoms with Crippen molar-refractivity contribution in [3.8, 4) is 0 Å². The molecule has 0 aliphatic rings. The fourth-order valence-corrected chi connectivity index (χ4v) is 0.902. The van der Waals surface area contributed by atoms with E-state index in [1.807, 2.05) is 32.9 Å². The molecule has 0 unspecified atom stereocenters. The molecule has 0 spiro atoms. The molecule has 2 radical (unpaired) electrons. The summed E-state index contributed by atoms with van der Waals surface area (Å²) in [7, 11) is 5.81. The van der Waals surface area contributed by atoms with Crippen molar-refractivity contribution in [2.24, 2.45) is 4.99 Å². The predicted molar refractivity (Wildman–Crippen MR) is 61.8 cm³/mol. The molecule has 1 nitrogen and oxygen atoms in total. The van der Waals surface area contributed by atoms with Crippen molar-refractivity contribution >= 4 is 13.6 Å². The lowest BCUT2D eigenvalue weighted by Crippen LogP contribution is -2.12. The van der Waals surface area contributed by atoms with Crippen LogP contribution in [0.1, 0.15) is 41.5 Å². The highest BCUT2D eigenvalue weighted by atomic mass is 14.8. The maximum Gasteiger partial charge on any atom is 0.0794 e. The van der Waals surface area contributed by atoms with Crippen molar-refractivity contribution in [1.29, 1.82) is 0 Å². The first-order chi connectivity index (χ1) is 5.60. The number of rotatable bonds is 2. The fourth-order valence-electron chi connectivity index (χ4n) is 0.902. The molecule has 72 valence electrons. The van der Waals surface area contributed by atoms with Gasteiger partial charge < -0.3 is 0 Å². The summed E-state index contributed by atoms with van der Waals surface area (Å²) in [4.78, 5) is 4.49. The predicted octanol–water partition coefficient (Wildman–Crippen LogP) is 3.17. The van der Waals surface area contributed by atoms with E-state index in [9.17, 15) is 0 Å². The molecule has 0 aromatic heterocycles. The zero-order valence-electron chi connectivity index (χ0n) is 9.68. The third-order valence-corrected chi connectivity index (χ3v) is 1.27. The molecule has 0 aliphatic carbocycles. The molecule has 0 aliphatic heterocycles. The Morgan fingerprint density at radius 2 is 1.62 bits per heavy atom. The van der Waals surface area contributed by atoms with Gasteiger partial charge in [0.25, 0.3) is 0 Å². The summed E-state index contributed by atoms with van der Waals surface area (Å²) >= 11 is 0. The second kappa shape index (κ2) is 4.12. The first-order valence-electron chi connectivity index (χ1n) is 4.65. The van der Waals surface area contributed by atoms with Crippen molar-refractivity contribution in [2.45, 2.75) is 52.4 Å². The molecular formula is C11H20BN. The summed E-state index contributed by atoms with van der Waals surface area (Å²) in [6.07, 6.45) is 3.95. The average molecular weight is 177 g/mol. The van der Waals surface area contributed by atoms with Crippen molar-refractivity contribution in [3.63, 3.8) is 0 Å². The molecule has 0 aromatic carbocycles. The fraction of sp³-hybridized carbons (Fsp3) is 0.727. The van der Waals surface area contributed by atoms with Crippen LogP contribution in [0.4, 0.5) is 0 Å². The Morgan fingerprint density at radius 1 is 1.15 bits per heavy atom. The largest absolute Gasteiger partial charge is 0.284 e. The first-order valence-corrected chi connectivity index (χ1v) is 4.65. The second-order valence-electron chi connectivity index (χ2n) is 5.08. The van der Waals surface area contributed by atoms with Crippen LogP contribution in [0.15, 0.2) is 17.1 Å². The molecule has 0 atom stereocenters. The van der Waals surface area contributed by atoms with Gasteiger partial charge in [0.15, 0.2) is 0 Å². The van der Waals surface area contributed by atoms with Crippen LogP contribution < -0.4 is 0 Å². The van der Waals surface area contributed by atoms with Gasteiger partial charge in [0.1, 0.15) is 0 Å². The van der Waals surface area contributed by atoms with Gasteiger partial charge >= 0.3 is 0 Å². The lowest BCUT2D eigenvalue weighted by atomic mass is 9.72. The van der Waals surface area contributed by atoms with Crippen LogP contribution in [-0.2, 0) is 0 Å². The van der Waals surface area contributed by atoms with E-state index in [1.54, 1.807) is 0 Å². The molecule has 0 rings (SSSR count). The van der Waals surface area contributed by atoms with Gasteiger partial charge in [0.05, 0.1) is 13.4 Å².